The highest BCUT2D eigenvalue weighted by Gasteiger charge is 2.33. The van der Waals surface area contributed by atoms with Crippen LogP contribution >= 0.6 is 0 Å². The molecular formula is C116H144N2. The molecule has 2 heteroatoms. The molecule has 618 valence electrons. The first kappa shape index (κ1) is 88.1. The number of nitrogens with one attached hydrogen (secondary N) is 2. The van der Waals surface area contributed by atoms with Gasteiger partial charge in [-0.25, -0.2) is 0 Å². The van der Waals surface area contributed by atoms with Crippen molar-refractivity contribution in [3.8, 4) is 77.9 Å². The summed E-state index contributed by atoms with van der Waals surface area (Å²) in [5.74, 6) is 0. The third kappa shape index (κ3) is 19.1. The average molecular weight is 1570 g/mol. The van der Waals surface area contributed by atoms with E-state index in [4.69, 9.17) is 0 Å². The van der Waals surface area contributed by atoms with Crippen molar-refractivity contribution in [3.05, 3.63) is 273 Å². The number of fused-ring (bicyclic) bond motifs is 2. The van der Waals surface area contributed by atoms with Crippen LogP contribution in [0.4, 0.5) is 22.7 Å². The Hall–Kier alpha value is -9.24. The van der Waals surface area contributed by atoms with Gasteiger partial charge in [-0.2, -0.15) is 0 Å². The summed E-state index contributed by atoms with van der Waals surface area (Å²) < 4.78 is 0. The monoisotopic (exact) mass is 1570 g/mol. The molecule has 12 rings (SSSR count). The lowest BCUT2D eigenvalue weighted by atomic mass is 9.75. The SMILES string of the molecule is CC(C)(C)c1cc(-c2cc(Nc3c4ccccc4c(Nc4cc(-c5cc(C(C)(C)C)cc(C(C)(C)C)c5)cc(-c5cc(C(C)(C)C)cc(C(C)(C)C)c5)c4)c4c(-c5cc(C(C)(C)C)cc(C(C)(C)C)c5)c(-c5ccccc5)c(-c5cc(C(C)(C)C)cc(C(C)(C)C)c5)cc34)cc(-c3cc(C(C)(C)C)cc(C(C)(C)C)c3)c2)cc(C(C)(C)C)c1. The molecule has 118 heavy (non-hydrogen) atoms. The summed E-state index contributed by atoms with van der Waals surface area (Å²) in [5.41, 5.74) is 34.8. The van der Waals surface area contributed by atoms with Crippen molar-refractivity contribution in [1.29, 1.82) is 0 Å². The van der Waals surface area contributed by atoms with Crippen molar-refractivity contribution in [3.63, 3.8) is 0 Å². The first-order chi connectivity index (χ1) is 54.0. The molecule has 2 N–H and O–H groups in total. The Morgan fingerprint density at radius 1 is 0.161 bits per heavy atom. The maximum Gasteiger partial charge on any atom is 0.0551 e. The third-order valence-corrected chi connectivity index (χ3v) is 24.7. The molecule has 0 bridgehead atoms. The summed E-state index contributed by atoms with van der Waals surface area (Å²) in [7, 11) is 0. The second-order valence-electron chi connectivity index (χ2n) is 47.4. The fraction of sp³-hybridized carbons (Fsp3) is 0.414. The summed E-state index contributed by atoms with van der Waals surface area (Å²) in [6.07, 6.45) is 0. The Morgan fingerprint density at radius 2 is 0.373 bits per heavy atom. The fourth-order valence-electron chi connectivity index (χ4n) is 16.3. The Kier molecular flexibility index (Phi) is 22.7. The number of hydrogen-bond acceptors (Lipinski definition) is 2. The lowest BCUT2D eigenvalue weighted by molar-refractivity contribution is 0.568. The van der Waals surface area contributed by atoms with Gasteiger partial charge >= 0.3 is 0 Å². The van der Waals surface area contributed by atoms with Crippen LogP contribution in [0.15, 0.2) is 206 Å². The van der Waals surface area contributed by atoms with E-state index in [0.717, 1.165) is 72.1 Å². The standard InChI is InChI=1S/C116H144N2/c1-105(2,3)82-48-76(49-83(64-82)106(4,5)6)72-46-73(77-50-84(107(7,8)9)65-85(51-77)108(10,11)12)61-94(60-72)117-103-96-44-40-41-45-97(96)104(118-95-62-74(78-52-86(109(13,14)15)66-87(53-78)110(16,17)18)47-75(63-95)79-54-88(111(19,20)21)67-89(55-79)112(22,23)24)102-99(103)70-98(80-56-90(113(25,26)27)68-91(57-80)114(28,29)30)100(71-42-38-37-39-43-71)101(102)81-58-92(115(31,32)33)69-93(59-81)116(34,35)36/h37-70,117-118H,1-36H3. The van der Waals surface area contributed by atoms with Crippen LogP contribution in [0.2, 0.25) is 0 Å². The van der Waals surface area contributed by atoms with Crippen LogP contribution in [0.3, 0.4) is 0 Å². The van der Waals surface area contributed by atoms with Gasteiger partial charge in [0.05, 0.1) is 11.4 Å². The molecule has 0 amide bonds. The summed E-state index contributed by atoms with van der Waals surface area (Å²) >= 11 is 0. The molecule has 0 radical (unpaired) electrons. The van der Waals surface area contributed by atoms with Crippen molar-refractivity contribution < 1.29 is 0 Å². The zero-order valence-corrected chi connectivity index (χ0v) is 79.6. The zero-order chi connectivity index (χ0) is 87.1. The van der Waals surface area contributed by atoms with Crippen LogP contribution in [-0.2, 0) is 65.0 Å². The van der Waals surface area contributed by atoms with Crippen molar-refractivity contribution in [2.24, 2.45) is 0 Å². The minimum absolute atomic E-state index is 0.109. The predicted octanol–water partition coefficient (Wildman–Crippen LogP) is 34.7. The van der Waals surface area contributed by atoms with Gasteiger partial charge in [-0.3, -0.25) is 0 Å². The van der Waals surface area contributed by atoms with Gasteiger partial charge in [-0.1, -0.05) is 413 Å². The molecule has 0 aromatic heterocycles. The minimum atomic E-state index is -0.215. The predicted molar refractivity (Wildman–Crippen MR) is 523 cm³/mol. The lowest BCUT2D eigenvalue weighted by Gasteiger charge is -2.30. The molecule has 0 fully saturated rings. The Bertz CT molecular complexity index is 5430. The molecule has 0 saturated heterocycles. The second kappa shape index (κ2) is 30.5. The average Bonchev–Trinajstić information content (AvgIpc) is 0.707. The summed E-state index contributed by atoms with van der Waals surface area (Å²) in [4.78, 5) is 0. The number of hydrogen-bond donors (Lipinski definition) is 2. The van der Waals surface area contributed by atoms with Gasteiger partial charge < -0.3 is 10.6 Å². The number of rotatable bonds is 11. The molecule has 0 unspecified atom stereocenters. The molecule has 12 aromatic carbocycles. The maximum absolute atomic E-state index is 4.58. The molecule has 0 heterocycles. The smallest absolute Gasteiger partial charge is 0.0551 e. The highest BCUT2D eigenvalue weighted by Crippen LogP contribution is 2.56. The molecular weight excluding hydrogens is 1420 g/mol. The highest BCUT2D eigenvalue weighted by atomic mass is 14.9. The normalized spacial score (nSPS) is 13.4. The third-order valence-electron chi connectivity index (χ3n) is 24.7. The van der Waals surface area contributed by atoms with E-state index in [-0.39, 0.29) is 65.0 Å². The van der Waals surface area contributed by atoms with E-state index in [0.29, 0.717) is 0 Å². The first-order valence-corrected chi connectivity index (χ1v) is 43.9. The van der Waals surface area contributed by atoms with Crippen LogP contribution < -0.4 is 10.6 Å². The van der Waals surface area contributed by atoms with E-state index in [2.05, 4.69) is 466 Å². The van der Waals surface area contributed by atoms with E-state index in [1.165, 1.54) is 117 Å². The molecule has 0 spiro atoms. The molecule has 0 saturated carbocycles. The molecule has 0 aliphatic heterocycles. The van der Waals surface area contributed by atoms with Crippen molar-refractivity contribution in [2.75, 3.05) is 10.6 Å². The molecule has 2 nitrogen and oxygen atoms in total. The first-order valence-electron chi connectivity index (χ1n) is 43.9. The zero-order valence-electron chi connectivity index (χ0n) is 79.6. The van der Waals surface area contributed by atoms with Gasteiger partial charge in [0.1, 0.15) is 0 Å². The molecule has 12 aromatic rings. The van der Waals surface area contributed by atoms with Crippen molar-refractivity contribution in [1.82, 2.24) is 0 Å². The molecule has 0 atom stereocenters. The van der Waals surface area contributed by atoms with Crippen LogP contribution in [0.25, 0.3) is 99.4 Å². The summed E-state index contributed by atoms with van der Waals surface area (Å²) in [5, 5.41) is 13.6. The Balaban J connectivity index is 1.34. The van der Waals surface area contributed by atoms with E-state index in [1.54, 1.807) is 0 Å². The summed E-state index contributed by atoms with van der Waals surface area (Å²) in [6.45, 7) is 85.3. The van der Waals surface area contributed by atoms with Gasteiger partial charge in [-0.05, 0) is 247 Å². The van der Waals surface area contributed by atoms with Crippen molar-refractivity contribution in [2.45, 2.75) is 314 Å². The quantitative estimate of drug-likeness (QED) is 0.0996. The Labute approximate surface area is 715 Å². The van der Waals surface area contributed by atoms with Gasteiger partial charge in [0.2, 0.25) is 0 Å². The van der Waals surface area contributed by atoms with E-state index in [1.807, 2.05) is 0 Å². The summed E-state index contributed by atoms with van der Waals surface area (Å²) in [6, 6.07) is 83.0. The topological polar surface area (TPSA) is 24.1 Å². The lowest BCUT2D eigenvalue weighted by Crippen LogP contribution is -2.17. The van der Waals surface area contributed by atoms with Gasteiger partial charge in [0.25, 0.3) is 0 Å². The fourth-order valence-corrected chi connectivity index (χ4v) is 16.3. The van der Waals surface area contributed by atoms with E-state index < -0.39 is 0 Å². The second-order valence-corrected chi connectivity index (χ2v) is 47.4. The van der Waals surface area contributed by atoms with Crippen LogP contribution in [0.1, 0.15) is 316 Å². The number of anilines is 4. The van der Waals surface area contributed by atoms with Crippen LogP contribution in [0, 0.1) is 0 Å². The maximum atomic E-state index is 4.58. The van der Waals surface area contributed by atoms with Crippen LogP contribution in [0.5, 0.6) is 0 Å². The largest absolute Gasteiger partial charge is 0.354 e. The molecule has 0 aliphatic carbocycles. The van der Waals surface area contributed by atoms with Gasteiger partial charge in [-0.15, -0.1) is 0 Å². The van der Waals surface area contributed by atoms with E-state index >= 15 is 0 Å². The number of benzene rings is 12. The Morgan fingerprint density at radius 3 is 0.627 bits per heavy atom. The highest BCUT2D eigenvalue weighted by molar-refractivity contribution is 6.28. The van der Waals surface area contributed by atoms with E-state index in [9.17, 15) is 0 Å². The van der Waals surface area contributed by atoms with Crippen LogP contribution in [-0.4, -0.2) is 0 Å². The minimum Gasteiger partial charge on any atom is -0.354 e. The van der Waals surface area contributed by atoms with Crippen molar-refractivity contribution >= 4 is 44.3 Å². The van der Waals surface area contributed by atoms with Gasteiger partial charge in [0.15, 0.2) is 0 Å². The molecule has 0 aliphatic rings. The van der Waals surface area contributed by atoms with Gasteiger partial charge in [0, 0.05) is 38.5 Å².